The van der Waals surface area contributed by atoms with E-state index < -0.39 is 24.5 Å². The first-order valence-corrected chi connectivity index (χ1v) is 10.7. The number of carbonyl (C=O) groups is 3. The molecule has 1 aromatic heterocycles. The van der Waals surface area contributed by atoms with Crippen LogP contribution < -0.4 is 5.32 Å². The number of aliphatic carboxylic acids is 1. The number of aromatic nitrogens is 2. The minimum absolute atomic E-state index is 0.0285. The van der Waals surface area contributed by atoms with Crippen molar-refractivity contribution < 1.29 is 24.2 Å². The molecule has 0 spiro atoms. The van der Waals surface area contributed by atoms with Gasteiger partial charge in [0.05, 0.1) is 11.9 Å². The molecule has 0 bridgehead atoms. The van der Waals surface area contributed by atoms with Crippen LogP contribution in [0.5, 0.6) is 0 Å². The Morgan fingerprint density at radius 3 is 2.35 bits per heavy atom. The highest BCUT2D eigenvalue weighted by Gasteiger charge is 2.30. The minimum atomic E-state index is -1.16. The van der Waals surface area contributed by atoms with E-state index in [-0.39, 0.29) is 30.5 Å². The molecule has 4 rings (SSSR count). The Kier molecular flexibility index (Phi) is 6.44. The number of nitrogens with zero attached hydrogens (tertiary/aromatic N) is 3. The van der Waals surface area contributed by atoms with Crippen molar-refractivity contribution in [2.24, 2.45) is 7.05 Å². The fourth-order valence-electron chi connectivity index (χ4n) is 4.22. The fraction of sp³-hybridized carbons (Fsp3) is 0.200. The Morgan fingerprint density at radius 2 is 1.76 bits per heavy atom. The molecule has 0 unspecified atom stereocenters. The summed E-state index contributed by atoms with van der Waals surface area (Å²) in [5.74, 6) is -1.87. The van der Waals surface area contributed by atoms with Crippen LogP contribution >= 0.6 is 0 Å². The van der Waals surface area contributed by atoms with Gasteiger partial charge in [0.25, 0.3) is 5.91 Å². The Labute approximate surface area is 196 Å². The van der Waals surface area contributed by atoms with Gasteiger partial charge in [0.1, 0.15) is 18.8 Å². The molecular weight excluding hydrogens is 436 g/mol. The summed E-state index contributed by atoms with van der Waals surface area (Å²) in [6.45, 7) is 3.19. The fourth-order valence-corrected chi connectivity index (χ4v) is 4.22. The molecule has 1 heterocycles. The summed E-state index contributed by atoms with van der Waals surface area (Å²) in [5, 5.41) is 15.7. The second-order valence-electron chi connectivity index (χ2n) is 7.85. The van der Waals surface area contributed by atoms with Crippen molar-refractivity contribution >= 4 is 23.7 Å². The molecule has 0 saturated carbocycles. The van der Waals surface area contributed by atoms with Gasteiger partial charge in [-0.25, -0.2) is 4.79 Å². The summed E-state index contributed by atoms with van der Waals surface area (Å²) in [6.07, 6.45) is 2.01. The lowest BCUT2D eigenvalue weighted by molar-refractivity contribution is -0.137. The van der Waals surface area contributed by atoms with Crippen LogP contribution in [0.25, 0.3) is 11.1 Å². The summed E-state index contributed by atoms with van der Waals surface area (Å²) >= 11 is 0. The molecule has 2 aromatic carbocycles. The van der Waals surface area contributed by atoms with Gasteiger partial charge in [0.2, 0.25) is 0 Å². The van der Waals surface area contributed by atoms with Crippen LogP contribution in [0.15, 0.2) is 67.4 Å². The topological polar surface area (TPSA) is 114 Å². The zero-order valence-corrected chi connectivity index (χ0v) is 18.6. The highest BCUT2D eigenvalue weighted by atomic mass is 16.5. The van der Waals surface area contributed by atoms with E-state index in [0.717, 1.165) is 27.2 Å². The number of carbonyl (C=O) groups excluding carboxylic acids is 2. The second-order valence-corrected chi connectivity index (χ2v) is 7.85. The highest BCUT2D eigenvalue weighted by Crippen LogP contribution is 2.44. The molecule has 2 amide bonds. The second kappa shape index (κ2) is 9.62. The third-order valence-electron chi connectivity index (χ3n) is 5.68. The lowest BCUT2D eigenvalue weighted by Gasteiger charge is -2.20. The quantitative estimate of drug-likeness (QED) is 0.498. The van der Waals surface area contributed by atoms with Crippen molar-refractivity contribution in [3.63, 3.8) is 0 Å². The maximum absolute atomic E-state index is 13.0. The van der Waals surface area contributed by atoms with Gasteiger partial charge < -0.3 is 14.7 Å². The number of carboxylic acids is 1. The molecule has 0 aliphatic heterocycles. The predicted octanol–water partition coefficient (Wildman–Crippen LogP) is 3.49. The van der Waals surface area contributed by atoms with Crippen molar-refractivity contribution in [1.82, 2.24) is 14.7 Å². The molecule has 2 N–H and O–H groups in total. The van der Waals surface area contributed by atoms with E-state index in [1.807, 2.05) is 48.5 Å². The number of anilines is 1. The standard InChI is InChI=1S/C25H24N4O5/c1-3-12-29(14-22(30)31)24(32)23-21(13-26-28(23)2)27-25(33)34-15-20-18-10-6-4-8-16(18)17-9-5-7-11-19(17)20/h3-11,13,20H,1,12,14-15H2,2H3,(H,27,33)(H,30,31). The van der Waals surface area contributed by atoms with Crippen molar-refractivity contribution in [1.29, 1.82) is 0 Å². The molecule has 1 aliphatic rings. The van der Waals surface area contributed by atoms with Crippen LogP contribution in [0, 0.1) is 0 Å². The van der Waals surface area contributed by atoms with Crippen molar-refractivity contribution in [2.75, 3.05) is 25.0 Å². The normalized spacial score (nSPS) is 11.9. The molecule has 3 aromatic rings. The number of rotatable bonds is 8. The van der Waals surface area contributed by atoms with Gasteiger partial charge in [0, 0.05) is 19.5 Å². The molecule has 1 aliphatic carbocycles. The van der Waals surface area contributed by atoms with E-state index in [0.29, 0.717) is 0 Å². The number of carboxylic acid groups (broad SMARTS) is 1. The summed E-state index contributed by atoms with van der Waals surface area (Å²) in [5.41, 5.74) is 4.58. The molecule has 0 atom stereocenters. The number of nitrogens with one attached hydrogen (secondary N) is 1. The molecular formula is C25H24N4O5. The largest absolute Gasteiger partial charge is 0.480 e. The van der Waals surface area contributed by atoms with Crippen LogP contribution in [0.2, 0.25) is 0 Å². The first kappa shape index (κ1) is 22.8. The van der Waals surface area contributed by atoms with E-state index in [9.17, 15) is 14.4 Å². The summed E-state index contributed by atoms with van der Waals surface area (Å²) in [7, 11) is 1.53. The first-order chi connectivity index (χ1) is 16.4. The number of aryl methyl sites for hydroxylation is 1. The monoisotopic (exact) mass is 460 g/mol. The molecule has 0 saturated heterocycles. The molecule has 0 fully saturated rings. The van der Waals surface area contributed by atoms with Gasteiger partial charge in [0.15, 0.2) is 0 Å². The van der Waals surface area contributed by atoms with Crippen LogP contribution in [-0.4, -0.2) is 57.5 Å². The number of amides is 2. The molecule has 9 nitrogen and oxygen atoms in total. The highest BCUT2D eigenvalue weighted by molar-refractivity contribution is 6.02. The third-order valence-corrected chi connectivity index (χ3v) is 5.68. The van der Waals surface area contributed by atoms with Crippen LogP contribution in [-0.2, 0) is 16.6 Å². The maximum atomic E-state index is 13.0. The SMILES string of the molecule is C=CCN(CC(=O)O)C(=O)c1c(NC(=O)OCC2c3ccccc3-c3ccccc32)cnn1C. The van der Waals surface area contributed by atoms with Gasteiger partial charge in [-0.15, -0.1) is 6.58 Å². The zero-order chi connectivity index (χ0) is 24.2. The van der Waals surface area contributed by atoms with Crippen LogP contribution in [0.4, 0.5) is 10.5 Å². The zero-order valence-electron chi connectivity index (χ0n) is 18.6. The number of ether oxygens (including phenoxy) is 1. The minimum Gasteiger partial charge on any atom is -0.480 e. The summed E-state index contributed by atoms with van der Waals surface area (Å²) in [4.78, 5) is 37.8. The van der Waals surface area contributed by atoms with E-state index >= 15 is 0 Å². The summed E-state index contributed by atoms with van der Waals surface area (Å²) in [6, 6.07) is 16.0. The van der Waals surface area contributed by atoms with E-state index in [2.05, 4.69) is 17.0 Å². The summed E-state index contributed by atoms with van der Waals surface area (Å²) < 4.78 is 6.81. The van der Waals surface area contributed by atoms with Gasteiger partial charge in [-0.1, -0.05) is 54.6 Å². The van der Waals surface area contributed by atoms with E-state index in [1.54, 1.807) is 0 Å². The van der Waals surface area contributed by atoms with E-state index in [1.165, 1.54) is 24.0 Å². The molecule has 174 valence electrons. The smallest absolute Gasteiger partial charge is 0.411 e. The number of benzene rings is 2. The molecule has 0 radical (unpaired) electrons. The van der Waals surface area contributed by atoms with Crippen molar-refractivity contribution in [3.05, 3.63) is 84.2 Å². The number of fused-ring (bicyclic) bond motifs is 3. The van der Waals surface area contributed by atoms with Gasteiger partial charge in [-0.05, 0) is 22.3 Å². The molecule has 34 heavy (non-hydrogen) atoms. The van der Waals surface area contributed by atoms with Crippen LogP contribution in [0.3, 0.4) is 0 Å². The number of hydrogen-bond donors (Lipinski definition) is 2. The van der Waals surface area contributed by atoms with Gasteiger partial charge >= 0.3 is 12.1 Å². The van der Waals surface area contributed by atoms with Gasteiger partial charge in [-0.3, -0.25) is 19.6 Å². The Morgan fingerprint density at radius 1 is 1.15 bits per heavy atom. The Balaban J connectivity index is 1.48. The lowest BCUT2D eigenvalue weighted by atomic mass is 9.98. The van der Waals surface area contributed by atoms with Gasteiger partial charge in [-0.2, -0.15) is 5.10 Å². The lowest BCUT2D eigenvalue weighted by Crippen LogP contribution is -2.37. The number of hydrogen-bond acceptors (Lipinski definition) is 5. The Bertz CT molecular complexity index is 1220. The average molecular weight is 460 g/mol. The van der Waals surface area contributed by atoms with Crippen LogP contribution in [0.1, 0.15) is 27.5 Å². The molecule has 9 heteroatoms. The maximum Gasteiger partial charge on any atom is 0.411 e. The van der Waals surface area contributed by atoms with Crippen molar-refractivity contribution in [3.8, 4) is 11.1 Å². The Hall–Kier alpha value is -4.40. The average Bonchev–Trinajstić information content (AvgIpc) is 3.34. The first-order valence-electron chi connectivity index (χ1n) is 10.7. The predicted molar refractivity (Wildman–Crippen MR) is 126 cm³/mol. The van der Waals surface area contributed by atoms with Crippen molar-refractivity contribution in [2.45, 2.75) is 5.92 Å². The van der Waals surface area contributed by atoms with E-state index in [4.69, 9.17) is 9.84 Å². The third kappa shape index (κ3) is 4.40.